The lowest BCUT2D eigenvalue weighted by atomic mass is 10.0. The van der Waals surface area contributed by atoms with E-state index in [0.29, 0.717) is 22.8 Å². The number of nitrogens with two attached hydrogens (primary N) is 1. The number of benzene rings is 2. The van der Waals surface area contributed by atoms with Crippen molar-refractivity contribution in [2.45, 2.75) is 0 Å². The van der Waals surface area contributed by atoms with E-state index < -0.39 is 0 Å². The molecule has 6 N–H and O–H groups in total. The minimum Gasteiger partial charge on any atom is -0.508 e. The molecule has 1 aliphatic carbocycles. The van der Waals surface area contributed by atoms with Crippen molar-refractivity contribution in [3.05, 3.63) is 72.1 Å². The van der Waals surface area contributed by atoms with Crippen LogP contribution in [0.1, 0.15) is 0 Å². The summed E-state index contributed by atoms with van der Waals surface area (Å²) in [4.78, 5) is 4.44. The van der Waals surface area contributed by atoms with Crippen molar-refractivity contribution in [2.75, 3.05) is 5.32 Å². The van der Waals surface area contributed by atoms with Crippen LogP contribution in [0.2, 0.25) is 0 Å². The van der Waals surface area contributed by atoms with Crippen molar-refractivity contribution < 1.29 is 10.2 Å². The smallest absolute Gasteiger partial charge is 0.115 e. The van der Waals surface area contributed by atoms with Crippen LogP contribution in [0.3, 0.4) is 0 Å². The molecule has 0 fully saturated rings. The van der Waals surface area contributed by atoms with E-state index in [0.717, 1.165) is 5.69 Å². The van der Waals surface area contributed by atoms with Gasteiger partial charge in [-0.05, 0) is 60.7 Å². The molecular weight excluding hydrogens is 304 g/mol. The maximum absolute atomic E-state index is 9.33. The van der Waals surface area contributed by atoms with Gasteiger partial charge in [-0.25, -0.2) is 4.99 Å². The van der Waals surface area contributed by atoms with E-state index in [-0.39, 0.29) is 17.2 Å². The highest BCUT2D eigenvalue weighted by Crippen LogP contribution is 2.21. The summed E-state index contributed by atoms with van der Waals surface area (Å²) in [5.74, 6) is 0.338. The third-order valence-electron chi connectivity index (χ3n) is 3.41. The largest absolute Gasteiger partial charge is 0.508 e. The first-order chi connectivity index (χ1) is 11.5. The number of nitrogens with zero attached hydrogens (tertiary/aromatic N) is 1. The fourth-order valence-corrected chi connectivity index (χ4v) is 2.17. The summed E-state index contributed by atoms with van der Waals surface area (Å²) >= 11 is 0. The number of rotatable bonds is 3. The maximum atomic E-state index is 9.33. The second-order valence-corrected chi connectivity index (χ2v) is 5.26. The van der Waals surface area contributed by atoms with E-state index >= 15 is 0 Å². The van der Waals surface area contributed by atoms with Gasteiger partial charge in [-0.15, -0.1) is 0 Å². The predicted molar refractivity (Wildman–Crippen MR) is 95.0 cm³/mol. The Morgan fingerprint density at radius 2 is 1.46 bits per heavy atom. The average Bonchev–Trinajstić information content (AvgIpc) is 2.56. The van der Waals surface area contributed by atoms with Crippen molar-refractivity contribution in [2.24, 2.45) is 10.7 Å². The van der Waals surface area contributed by atoms with Crippen LogP contribution in [0.25, 0.3) is 0 Å². The number of aromatic hydroxyl groups is 2. The van der Waals surface area contributed by atoms with Gasteiger partial charge in [0, 0.05) is 5.69 Å². The zero-order valence-electron chi connectivity index (χ0n) is 12.7. The number of nitrogens with one attached hydrogen (secondary N) is 2. The van der Waals surface area contributed by atoms with Crippen LogP contribution in [0.4, 0.5) is 11.4 Å². The summed E-state index contributed by atoms with van der Waals surface area (Å²) in [7, 11) is 0. The molecule has 2 aromatic rings. The van der Waals surface area contributed by atoms with Gasteiger partial charge in [-0.1, -0.05) is 0 Å². The molecular formula is C18H16N4O2. The van der Waals surface area contributed by atoms with Crippen LogP contribution in [0.15, 0.2) is 77.1 Å². The zero-order valence-corrected chi connectivity index (χ0v) is 12.7. The molecule has 3 rings (SSSR count). The molecule has 1 aliphatic rings. The minimum atomic E-state index is 0.165. The molecule has 0 amide bonds. The quantitative estimate of drug-likeness (QED) is 0.441. The molecule has 0 spiro atoms. The molecule has 6 heteroatoms. The molecule has 6 nitrogen and oxygen atoms in total. The number of hydrogen-bond acceptors (Lipinski definition) is 6. The Hall–Kier alpha value is -3.54. The standard InChI is InChI=1S/C18H16N4O2/c19-15-9-16(20)18(22-12-3-7-14(24)8-4-12)10-17(15)21-11-1-5-13(23)6-2-11/h1-10,19,21,23-24H,20H2. The average molecular weight is 320 g/mol. The topological polar surface area (TPSA) is 115 Å². The van der Waals surface area contributed by atoms with Crippen LogP contribution in [0, 0.1) is 5.41 Å². The Morgan fingerprint density at radius 3 is 2.08 bits per heavy atom. The van der Waals surface area contributed by atoms with Crippen molar-refractivity contribution in [3.8, 4) is 11.5 Å². The number of allylic oxidation sites excluding steroid dienone is 2. The summed E-state index contributed by atoms with van der Waals surface area (Å²) in [6.07, 6.45) is 3.22. The van der Waals surface area contributed by atoms with Gasteiger partial charge in [-0.3, -0.25) is 5.41 Å². The van der Waals surface area contributed by atoms with E-state index in [4.69, 9.17) is 11.1 Å². The number of phenols is 2. The van der Waals surface area contributed by atoms with Gasteiger partial charge < -0.3 is 21.3 Å². The molecule has 0 radical (unpaired) electrons. The third-order valence-corrected chi connectivity index (χ3v) is 3.41. The summed E-state index contributed by atoms with van der Waals surface area (Å²) in [5.41, 5.74) is 9.05. The molecule has 0 aliphatic heterocycles. The van der Waals surface area contributed by atoms with E-state index in [9.17, 15) is 10.2 Å². The van der Waals surface area contributed by atoms with E-state index in [1.807, 2.05) is 0 Å². The number of hydrogen-bond donors (Lipinski definition) is 5. The zero-order chi connectivity index (χ0) is 17.1. The van der Waals surface area contributed by atoms with E-state index in [2.05, 4.69) is 10.3 Å². The molecule has 0 saturated carbocycles. The van der Waals surface area contributed by atoms with Gasteiger partial charge in [0.25, 0.3) is 0 Å². The first kappa shape index (κ1) is 15.4. The highest BCUT2D eigenvalue weighted by molar-refractivity contribution is 6.23. The monoisotopic (exact) mass is 320 g/mol. The van der Waals surface area contributed by atoms with Crippen LogP contribution in [-0.4, -0.2) is 21.6 Å². The molecule has 24 heavy (non-hydrogen) atoms. The van der Waals surface area contributed by atoms with Gasteiger partial charge in [0.2, 0.25) is 0 Å². The van der Waals surface area contributed by atoms with Gasteiger partial charge in [0.1, 0.15) is 11.5 Å². The summed E-state index contributed by atoms with van der Waals surface area (Å²) in [6.45, 7) is 0. The molecule has 0 aromatic heterocycles. The Balaban J connectivity index is 1.90. The molecule has 120 valence electrons. The number of anilines is 1. The lowest BCUT2D eigenvalue weighted by Gasteiger charge is -2.16. The molecule has 0 bridgehead atoms. The Labute approximate surface area is 138 Å². The second-order valence-electron chi connectivity index (χ2n) is 5.26. The van der Waals surface area contributed by atoms with Crippen LogP contribution in [0.5, 0.6) is 11.5 Å². The van der Waals surface area contributed by atoms with Crippen molar-refractivity contribution in [1.82, 2.24) is 0 Å². The van der Waals surface area contributed by atoms with Crippen LogP contribution in [-0.2, 0) is 0 Å². The summed E-state index contributed by atoms with van der Waals surface area (Å²) < 4.78 is 0. The fourth-order valence-electron chi connectivity index (χ4n) is 2.17. The maximum Gasteiger partial charge on any atom is 0.115 e. The normalized spacial score (nSPS) is 15.8. The van der Waals surface area contributed by atoms with Crippen LogP contribution >= 0.6 is 0 Å². The van der Waals surface area contributed by atoms with E-state index in [1.165, 1.54) is 6.08 Å². The molecule has 0 atom stereocenters. The molecule has 0 unspecified atom stereocenters. The summed E-state index contributed by atoms with van der Waals surface area (Å²) in [6, 6.07) is 13.0. The summed E-state index contributed by atoms with van der Waals surface area (Å²) in [5, 5.41) is 29.8. The highest BCUT2D eigenvalue weighted by Gasteiger charge is 2.14. The SMILES string of the molecule is N=C1C=C(N)C(=Nc2ccc(O)cc2)C=C1Nc1ccc(O)cc1. The van der Waals surface area contributed by atoms with Crippen molar-refractivity contribution in [1.29, 1.82) is 5.41 Å². The van der Waals surface area contributed by atoms with Crippen molar-refractivity contribution in [3.63, 3.8) is 0 Å². The first-order valence-electron chi connectivity index (χ1n) is 7.23. The Kier molecular flexibility index (Phi) is 4.03. The predicted octanol–water partition coefficient (Wildman–Crippen LogP) is 3.04. The first-order valence-corrected chi connectivity index (χ1v) is 7.23. The van der Waals surface area contributed by atoms with Crippen molar-refractivity contribution >= 4 is 22.8 Å². The minimum absolute atomic E-state index is 0.165. The molecule has 0 saturated heterocycles. The fraction of sp³-hybridized carbons (Fsp3) is 0. The Bertz CT molecular complexity index is 863. The molecule has 0 heterocycles. The number of aliphatic imine (C=N–C) groups is 1. The Morgan fingerprint density at radius 1 is 0.875 bits per heavy atom. The van der Waals surface area contributed by atoms with Gasteiger partial charge in [0.15, 0.2) is 0 Å². The third kappa shape index (κ3) is 3.44. The lowest BCUT2D eigenvalue weighted by Crippen LogP contribution is -2.21. The van der Waals surface area contributed by atoms with E-state index in [1.54, 1.807) is 54.6 Å². The van der Waals surface area contributed by atoms with Gasteiger partial charge in [0.05, 0.1) is 28.5 Å². The highest BCUT2D eigenvalue weighted by atomic mass is 16.3. The van der Waals surface area contributed by atoms with Gasteiger partial charge in [-0.2, -0.15) is 0 Å². The van der Waals surface area contributed by atoms with Crippen LogP contribution < -0.4 is 11.1 Å². The number of phenolic OH excluding ortho intramolecular Hbond substituents is 2. The van der Waals surface area contributed by atoms with Gasteiger partial charge >= 0.3 is 0 Å². The molecule has 2 aromatic carbocycles. The second kappa shape index (κ2) is 6.29. The lowest BCUT2D eigenvalue weighted by molar-refractivity contribution is 0.475.